The summed E-state index contributed by atoms with van der Waals surface area (Å²) in [6, 6.07) is 21.0. The molecule has 0 aliphatic rings. The van der Waals surface area contributed by atoms with Gasteiger partial charge in [0, 0.05) is 11.1 Å². The van der Waals surface area contributed by atoms with E-state index in [9.17, 15) is 9.90 Å². The first-order chi connectivity index (χ1) is 13.1. The molecule has 0 amide bonds. The molecule has 0 aliphatic carbocycles. The van der Waals surface area contributed by atoms with E-state index < -0.39 is 5.97 Å². The minimum Gasteiger partial charge on any atom is -0.508 e. The molecule has 0 saturated heterocycles. The Labute approximate surface area is 160 Å². The van der Waals surface area contributed by atoms with E-state index in [0.717, 1.165) is 30.4 Å². The number of unbranched alkanes of at least 4 members (excludes halogenated alkanes) is 1. The lowest BCUT2D eigenvalue weighted by atomic mass is 9.90. The van der Waals surface area contributed by atoms with Crippen LogP contribution in [0.3, 0.4) is 0 Å². The van der Waals surface area contributed by atoms with Gasteiger partial charge in [0.05, 0.1) is 12.7 Å². The van der Waals surface area contributed by atoms with Gasteiger partial charge in [-0.1, -0.05) is 67.9 Å². The van der Waals surface area contributed by atoms with Gasteiger partial charge in [0.15, 0.2) is 0 Å². The summed E-state index contributed by atoms with van der Waals surface area (Å²) >= 11 is 0. The lowest BCUT2D eigenvalue weighted by Gasteiger charge is -2.15. The van der Waals surface area contributed by atoms with Crippen molar-refractivity contribution in [3.05, 3.63) is 77.9 Å². The van der Waals surface area contributed by atoms with Crippen LogP contribution in [-0.2, 0) is 11.2 Å². The molecule has 3 rings (SSSR count). The highest BCUT2D eigenvalue weighted by molar-refractivity contribution is 6.04. The van der Waals surface area contributed by atoms with Crippen molar-refractivity contribution in [1.29, 1.82) is 0 Å². The van der Waals surface area contributed by atoms with Crippen molar-refractivity contribution in [1.82, 2.24) is 0 Å². The Balaban J connectivity index is 2.14. The lowest BCUT2D eigenvalue weighted by Crippen LogP contribution is -2.06. The average molecular weight is 360 g/mol. The number of aromatic hydroxyl groups is 1. The third kappa shape index (κ3) is 4.20. The van der Waals surface area contributed by atoms with Crippen molar-refractivity contribution in [2.45, 2.75) is 26.2 Å². The number of carbonyl (C=O) groups excluding carboxylic acids is 1. The Bertz CT molecular complexity index is 912. The minimum absolute atomic E-state index is 0.117. The molecule has 3 heteroatoms. The van der Waals surface area contributed by atoms with Gasteiger partial charge in [-0.25, -0.2) is 4.79 Å². The van der Waals surface area contributed by atoms with Crippen LogP contribution in [0.4, 0.5) is 0 Å². The monoisotopic (exact) mass is 360 g/mol. The molecule has 0 bridgehead atoms. The van der Waals surface area contributed by atoms with E-state index in [-0.39, 0.29) is 5.75 Å². The number of esters is 1. The summed E-state index contributed by atoms with van der Waals surface area (Å²) in [5.41, 5.74) is 4.79. The smallest absolute Gasteiger partial charge is 0.339 e. The summed E-state index contributed by atoms with van der Waals surface area (Å²) in [6.07, 6.45) is 3.34. The van der Waals surface area contributed by atoms with Crippen LogP contribution >= 0.6 is 0 Å². The summed E-state index contributed by atoms with van der Waals surface area (Å²) in [4.78, 5) is 12.6. The molecule has 27 heavy (non-hydrogen) atoms. The van der Waals surface area contributed by atoms with Gasteiger partial charge in [0.25, 0.3) is 0 Å². The van der Waals surface area contributed by atoms with Gasteiger partial charge in [-0.15, -0.1) is 0 Å². The molecule has 0 aromatic heterocycles. The van der Waals surface area contributed by atoms with E-state index in [1.807, 2.05) is 42.5 Å². The zero-order valence-electron chi connectivity index (χ0n) is 15.7. The number of hydrogen-bond donors (Lipinski definition) is 1. The summed E-state index contributed by atoms with van der Waals surface area (Å²) in [7, 11) is 1.38. The Kier molecular flexibility index (Phi) is 5.92. The Morgan fingerprint density at radius 2 is 1.52 bits per heavy atom. The van der Waals surface area contributed by atoms with Crippen molar-refractivity contribution >= 4 is 5.97 Å². The summed E-state index contributed by atoms with van der Waals surface area (Å²) in [6.45, 7) is 2.18. The van der Waals surface area contributed by atoms with Crippen LogP contribution in [0.1, 0.15) is 35.7 Å². The highest BCUT2D eigenvalue weighted by Gasteiger charge is 2.21. The SMILES string of the molecule is CCCCc1ccc(-c2cc(O)cc(-c3ccccc3)c2C(=O)OC)cc1. The first-order valence-electron chi connectivity index (χ1n) is 9.24. The second-order valence-corrected chi connectivity index (χ2v) is 6.57. The molecule has 3 aromatic carbocycles. The Morgan fingerprint density at radius 3 is 2.07 bits per heavy atom. The van der Waals surface area contributed by atoms with Gasteiger partial charge < -0.3 is 9.84 Å². The number of benzene rings is 3. The fourth-order valence-electron chi connectivity index (χ4n) is 3.25. The van der Waals surface area contributed by atoms with Gasteiger partial charge in [0.2, 0.25) is 0 Å². The lowest BCUT2D eigenvalue weighted by molar-refractivity contribution is 0.0602. The van der Waals surface area contributed by atoms with E-state index >= 15 is 0 Å². The van der Waals surface area contributed by atoms with Gasteiger partial charge in [-0.3, -0.25) is 0 Å². The maximum absolute atomic E-state index is 12.6. The largest absolute Gasteiger partial charge is 0.508 e. The molecular formula is C24H24O3. The average Bonchev–Trinajstić information content (AvgIpc) is 2.72. The molecule has 0 radical (unpaired) electrons. The van der Waals surface area contributed by atoms with Crippen LogP contribution < -0.4 is 0 Å². The number of phenols is 1. The molecule has 0 atom stereocenters. The van der Waals surface area contributed by atoms with Crippen LogP contribution in [0.25, 0.3) is 22.3 Å². The summed E-state index contributed by atoms with van der Waals surface area (Å²) in [5.74, 6) is -0.300. The molecule has 138 valence electrons. The van der Waals surface area contributed by atoms with Crippen LogP contribution in [0.2, 0.25) is 0 Å². The molecule has 0 fully saturated rings. The molecule has 0 spiro atoms. The number of ether oxygens (including phenoxy) is 1. The predicted octanol–water partition coefficient (Wildman–Crippen LogP) is 5.86. The van der Waals surface area contributed by atoms with Crippen LogP contribution in [-0.4, -0.2) is 18.2 Å². The fourth-order valence-corrected chi connectivity index (χ4v) is 3.25. The van der Waals surface area contributed by atoms with E-state index in [4.69, 9.17) is 4.74 Å². The van der Waals surface area contributed by atoms with E-state index in [0.29, 0.717) is 16.7 Å². The summed E-state index contributed by atoms with van der Waals surface area (Å²) in [5, 5.41) is 10.3. The molecule has 1 N–H and O–H groups in total. The first kappa shape index (κ1) is 18.7. The van der Waals surface area contributed by atoms with Gasteiger partial charge >= 0.3 is 5.97 Å². The highest BCUT2D eigenvalue weighted by atomic mass is 16.5. The molecule has 0 aliphatic heterocycles. The minimum atomic E-state index is -0.418. The number of aryl methyl sites for hydroxylation is 1. The van der Waals surface area contributed by atoms with Gasteiger partial charge in [-0.2, -0.15) is 0 Å². The topological polar surface area (TPSA) is 46.5 Å². The Hall–Kier alpha value is -3.07. The third-order valence-electron chi connectivity index (χ3n) is 4.68. The van der Waals surface area contributed by atoms with Gasteiger partial charge in [-0.05, 0) is 41.7 Å². The van der Waals surface area contributed by atoms with Crippen molar-refractivity contribution in [2.24, 2.45) is 0 Å². The van der Waals surface area contributed by atoms with Gasteiger partial charge in [0.1, 0.15) is 5.75 Å². The van der Waals surface area contributed by atoms with Crippen molar-refractivity contribution < 1.29 is 14.6 Å². The van der Waals surface area contributed by atoms with Crippen LogP contribution in [0, 0.1) is 0 Å². The van der Waals surface area contributed by atoms with Crippen LogP contribution in [0.5, 0.6) is 5.75 Å². The maximum atomic E-state index is 12.6. The zero-order valence-corrected chi connectivity index (χ0v) is 15.7. The first-order valence-corrected chi connectivity index (χ1v) is 9.24. The highest BCUT2D eigenvalue weighted by Crippen LogP contribution is 2.36. The van der Waals surface area contributed by atoms with Crippen LogP contribution in [0.15, 0.2) is 66.7 Å². The second kappa shape index (κ2) is 8.54. The number of phenolic OH excluding ortho intramolecular Hbond substituents is 1. The molecule has 3 aromatic rings. The normalized spacial score (nSPS) is 10.6. The number of rotatable bonds is 6. The maximum Gasteiger partial charge on any atom is 0.339 e. The van der Waals surface area contributed by atoms with E-state index in [1.165, 1.54) is 12.7 Å². The third-order valence-corrected chi connectivity index (χ3v) is 4.68. The summed E-state index contributed by atoms with van der Waals surface area (Å²) < 4.78 is 5.06. The second-order valence-electron chi connectivity index (χ2n) is 6.57. The molecule has 0 saturated carbocycles. The fraction of sp³-hybridized carbons (Fsp3) is 0.208. The van der Waals surface area contributed by atoms with E-state index in [2.05, 4.69) is 19.1 Å². The quantitative estimate of drug-likeness (QED) is 0.560. The Morgan fingerprint density at radius 1 is 0.926 bits per heavy atom. The molecule has 0 unspecified atom stereocenters. The number of hydrogen-bond acceptors (Lipinski definition) is 3. The van der Waals surface area contributed by atoms with Crippen molar-refractivity contribution in [3.63, 3.8) is 0 Å². The zero-order chi connectivity index (χ0) is 19.2. The molecule has 3 nitrogen and oxygen atoms in total. The van der Waals surface area contributed by atoms with Crippen molar-refractivity contribution in [3.8, 4) is 28.0 Å². The van der Waals surface area contributed by atoms with Crippen molar-refractivity contribution in [2.75, 3.05) is 7.11 Å². The molecule has 0 heterocycles. The number of carbonyl (C=O) groups is 1. The standard InChI is InChI=1S/C24H24O3/c1-3-4-8-17-11-13-19(14-12-17)22-16-20(25)15-21(23(22)24(26)27-2)18-9-6-5-7-10-18/h5-7,9-16,25H,3-4,8H2,1-2H3. The molecular weight excluding hydrogens is 336 g/mol. The number of methoxy groups -OCH3 is 1. The predicted molar refractivity (Wildman–Crippen MR) is 109 cm³/mol. The van der Waals surface area contributed by atoms with E-state index in [1.54, 1.807) is 12.1 Å².